The second-order valence-electron chi connectivity index (χ2n) is 6.39. The van der Waals surface area contributed by atoms with Gasteiger partial charge >= 0.3 is 0 Å². The highest BCUT2D eigenvalue weighted by atomic mass is 19.1. The lowest BCUT2D eigenvalue weighted by Gasteiger charge is -2.22. The van der Waals surface area contributed by atoms with Gasteiger partial charge in [-0.05, 0) is 36.2 Å². The summed E-state index contributed by atoms with van der Waals surface area (Å²) in [5.41, 5.74) is 1.01. The fourth-order valence-electron chi connectivity index (χ4n) is 3.13. The second-order valence-corrected chi connectivity index (χ2v) is 6.39. The molecule has 1 aromatic heterocycles. The fourth-order valence-corrected chi connectivity index (χ4v) is 3.13. The molecule has 6 nitrogen and oxygen atoms in total. The number of hydrogen-bond acceptors (Lipinski definition) is 4. The van der Waals surface area contributed by atoms with E-state index in [4.69, 9.17) is 4.74 Å². The van der Waals surface area contributed by atoms with Crippen molar-refractivity contribution in [1.29, 1.82) is 0 Å². The molecule has 1 aromatic carbocycles. The van der Waals surface area contributed by atoms with Crippen LogP contribution in [0.1, 0.15) is 22.5 Å². The van der Waals surface area contributed by atoms with Crippen molar-refractivity contribution in [3.8, 4) is 5.75 Å². The van der Waals surface area contributed by atoms with Crippen molar-refractivity contribution in [3.05, 3.63) is 59.7 Å². The minimum absolute atomic E-state index is 0.0771. The van der Waals surface area contributed by atoms with E-state index in [0.717, 1.165) is 0 Å². The molecule has 1 saturated heterocycles. The smallest absolute Gasteiger partial charge is 0.272 e. The molecular weight excluding hydrogens is 349 g/mol. The number of benzene rings is 1. The number of hydrogen-bond donors (Lipinski definition) is 0. The lowest BCUT2D eigenvalue weighted by atomic mass is 10.1. The van der Waals surface area contributed by atoms with Crippen LogP contribution in [0.4, 0.5) is 4.39 Å². The second kappa shape index (κ2) is 8.62. The van der Waals surface area contributed by atoms with E-state index >= 15 is 0 Å². The molecule has 2 heterocycles. The third-order valence-corrected chi connectivity index (χ3v) is 4.59. The average molecular weight is 371 g/mol. The number of pyridine rings is 1. The zero-order valence-electron chi connectivity index (χ0n) is 15.2. The minimum atomic E-state index is -0.481. The van der Waals surface area contributed by atoms with Crippen molar-refractivity contribution in [2.75, 3.05) is 33.3 Å². The maximum Gasteiger partial charge on any atom is 0.272 e. The molecule has 1 aliphatic rings. The zero-order valence-corrected chi connectivity index (χ0v) is 15.2. The van der Waals surface area contributed by atoms with Crippen LogP contribution < -0.4 is 4.74 Å². The molecule has 1 aliphatic heterocycles. The molecule has 7 heteroatoms. The third-order valence-electron chi connectivity index (χ3n) is 4.59. The van der Waals surface area contributed by atoms with Gasteiger partial charge < -0.3 is 14.5 Å². The van der Waals surface area contributed by atoms with Gasteiger partial charge in [0.15, 0.2) is 11.6 Å². The molecule has 0 spiro atoms. The Bertz CT molecular complexity index is 813. The van der Waals surface area contributed by atoms with Crippen LogP contribution in [-0.2, 0) is 11.2 Å². The molecule has 3 rings (SSSR count). The molecule has 0 N–H and O–H groups in total. The van der Waals surface area contributed by atoms with Crippen molar-refractivity contribution in [2.45, 2.75) is 12.8 Å². The number of nitrogens with zero attached hydrogens (tertiary/aromatic N) is 3. The standard InChI is InChI=1S/C20H22FN3O3/c1-27-18-7-6-15(13-16(18)21)14-19(25)23-9-4-10-24(12-11-23)20(26)17-5-2-3-8-22-17/h2-3,5-8,13H,4,9-12,14H2,1H3. The van der Waals surface area contributed by atoms with Crippen LogP contribution in [0.25, 0.3) is 0 Å². The Labute approximate surface area is 157 Å². The Hall–Kier alpha value is -2.96. The number of aromatic nitrogens is 1. The Kier molecular flexibility index (Phi) is 6.01. The van der Waals surface area contributed by atoms with Gasteiger partial charge in [0.2, 0.25) is 5.91 Å². The molecule has 0 saturated carbocycles. The van der Waals surface area contributed by atoms with Gasteiger partial charge in [-0.1, -0.05) is 12.1 Å². The SMILES string of the molecule is COc1ccc(CC(=O)N2CCCN(C(=O)c3ccccn3)CC2)cc1F. The molecular formula is C20H22FN3O3. The highest BCUT2D eigenvalue weighted by molar-refractivity contribution is 5.92. The first-order valence-electron chi connectivity index (χ1n) is 8.89. The monoisotopic (exact) mass is 371 g/mol. The molecule has 0 aliphatic carbocycles. The van der Waals surface area contributed by atoms with Gasteiger partial charge in [-0.15, -0.1) is 0 Å². The van der Waals surface area contributed by atoms with Crippen LogP contribution >= 0.6 is 0 Å². The lowest BCUT2D eigenvalue weighted by molar-refractivity contribution is -0.130. The number of ether oxygens (including phenoxy) is 1. The van der Waals surface area contributed by atoms with Crippen molar-refractivity contribution in [1.82, 2.24) is 14.8 Å². The summed E-state index contributed by atoms with van der Waals surface area (Å²) in [6.45, 7) is 2.06. The Morgan fingerprint density at radius 2 is 1.89 bits per heavy atom. The van der Waals surface area contributed by atoms with E-state index in [-0.39, 0.29) is 24.0 Å². The predicted octanol–water partition coefficient (Wildman–Crippen LogP) is 2.15. The van der Waals surface area contributed by atoms with Crippen LogP contribution in [0.5, 0.6) is 5.75 Å². The lowest BCUT2D eigenvalue weighted by Crippen LogP contribution is -2.38. The minimum Gasteiger partial charge on any atom is -0.494 e. The molecule has 2 aromatic rings. The van der Waals surface area contributed by atoms with Gasteiger partial charge in [-0.2, -0.15) is 0 Å². The first-order valence-corrected chi connectivity index (χ1v) is 8.89. The topological polar surface area (TPSA) is 62.7 Å². The van der Waals surface area contributed by atoms with Crippen LogP contribution in [0.2, 0.25) is 0 Å². The maximum absolute atomic E-state index is 13.8. The molecule has 2 amide bonds. The fraction of sp³-hybridized carbons (Fsp3) is 0.350. The van der Waals surface area contributed by atoms with Gasteiger partial charge in [0.05, 0.1) is 13.5 Å². The Morgan fingerprint density at radius 3 is 2.59 bits per heavy atom. The molecule has 142 valence electrons. The van der Waals surface area contributed by atoms with E-state index in [9.17, 15) is 14.0 Å². The van der Waals surface area contributed by atoms with Gasteiger partial charge in [0.25, 0.3) is 5.91 Å². The van der Waals surface area contributed by atoms with Crippen LogP contribution in [-0.4, -0.2) is 59.9 Å². The Balaban J connectivity index is 1.59. The Morgan fingerprint density at radius 1 is 1.11 bits per heavy atom. The summed E-state index contributed by atoms with van der Waals surface area (Å²) in [7, 11) is 1.40. The highest BCUT2D eigenvalue weighted by Crippen LogP contribution is 2.18. The quantitative estimate of drug-likeness (QED) is 0.826. The summed E-state index contributed by atoms with van der Waals surface area (Å²) >= 11 is 0. The molecule has 0 unspecified atom stereocenters. The maximum atomic E-state index is 13.8. The number of carbonyl (C=O) groups excluding carboxylic acids is 2. The van der Waals surface area contributed by atoms with Gasteiger partial charge in [0, 0.05) is 32.4 Å². The largest absolute Gasteiger partial charge is 0.494 e. The van der Waals surface area contributed by atoms with Crippen molar-refractivity contribution in [2.24, 2.45) is 0 Å². The molecule has 1 fully saturated rings. The number of carbonyl (C=O) groups is 2. The summed E-state index contributed by atoms with van der Waals surface area (Å²) in [4.78, 5) is 32.7. The first-order chi connectivity index (χ1) is 13.1. The molecule has 0 atom stereocenters. The summed E-state index contributed by atoms with van der Waals surface area (Å²) in [6.07, 6.45) is 2.41. The number of amides is 2. The number of rotatable bonds is 4. The summed E-state index contributed by atoms with van der Waals surface area (Å²) in [5.74, 6) is -0.524. The van der Waals surface area contributed by atoms with E-state index in [1.807, 2.05) is 0 Å². The van der Waals surface area contributed by atoms with Crippen molar-refractivity contribution < 1.29 is 18.7 Å². The predicted molar refractivity (Wildman–Crippen MR) is 98.0 cm³/mol. The van der Waals surface area contributed by atoms with Gasteiger partial charge in [0.1, 0.15) is 5.69 Å². The third kappa shape index (κ3) is 4.61. The van der Waals surface area contributed by atoms with Gasteiger partial charge in [-0.3, -0.25) is 14.6 Å². The summed E-state index contributed by atoms with van der Waals surface area (Å²) in [5, 5.41) is 0. The average Bonchev–Trinajstić information content (AvgIpc) is 2.94. The van der Waals surface area contributed by atoms with Gasteiger partial charge in [-0.25, -0.2) is 4.39 Å². The van der Waals surface area contributed by atoms with E-state index in [0.29, 0.717) is 43.9 Å². The van der Waals surface area contributed by atoms with Crippen molar-refractivity contribution >= 4 is 11.8 Å². The normalized spacial score (nSPS) is 14.6. The number of methoxy groups -OCH3 is 1. The van der Waals surface area contributed by atoms with E-state index < -0.39 is 5.82 Å². The zero-order chi connectivity index (χ0) is 19.2. The van der Waals surface area contributed by atoms with Crippen molar-refractivity contribution in [3.63, 3.8) is 0 Å². The van der Waals surface area contributed by atoms with Crippen LogP contribution in [0.15, 0.2) is 42.6 Å². The summed E-state index contributed by atoms with van der Waals surface area (Å²) in [6, 6.07) is 9.77. The molecule has 0 radical (unpaired) electrons. The van der Waals surface area contributed by atoms with E-state index in [1.165, 1.54) is 19.2 Å². The van der Waals surface area contributed by atoms with Crippen LogP contribution in [0.3, 0.4) is 0 Å². The highest BCUT2D eigenvalue weighted by Gasteiger charge is 2.23. The van der Waals surface area contributed by atoms with Crippen LogP contribution in [0, 0.1) is 5.82 Å². The molecule has 27 heavy (non-hydrogen) atoms. The number of halogens is 1. The first kappa shape index (κ1) is 18.8. The summed E-state index contributed by atoms with van der Waals surface area (Å²) < 4.78 is 18.7. The molecule has 0 bridgehead atoms. The van der Waals surface area contributed by atoms with E-state index in [2.05, 4.69) is 4.98 Å². The van der Waals surface area contributed by atoms with E-state index in [1.54, 1.807) is 40.3 Å².